The molecule has 106 valence electrons. The van der Waals surface area contributed by atoms with Gasteiger partial charge in [0.05, 0.1) is 19.1 Å². The Morgan fingerprint density at radius 3 is 2.79 bits per heavy atom. The zero-order chi connectivity index (χ0) is 13.9. The smallest absolute Gasteiger partial charge is 0.260 e. The molecule has 1 heterocycles. The van der Waals surface area contributed by atoms with Crippen LogP contribution in [0.4, 0.5) is 0 Å². The van der Waals surface area contributed by atoms with Gasteiger partial charge in [-0.05, 0) is 12.8 Å². The molecule has 0 unspecified atom stereocenters. The molecule has 1 aliphatic carbocycles. The number of H-pyrrole nitrogens is 1. The lowest BCUT2D eigenvalue weighted by molar-refractivity contribution is 0.308. The summed E-state index contributed by atoms with van der Waals surface area (Å²) in [5.74, 6) is -0.130. The van der Waals surface area contributed by atoms with Crippen molar-refractivity contribution in [3.05, 3.63) is 12.5 Å². The number of rotatable bonds is 5. The fourth-order valence-corrected chi connectivity index (χ4v) is 3.86. The molecule has 0 amide bonds. The number of nitrogens with zero attached hydrogens (tertiary/aromatic N) is 3. The van der Waals surface area contributed by atoms with E-state index in [1.807, 2.05) is 0 Å². The molecule has 9 heteroatoms. The lowest BCUT2D eigenvalue weighted by atomic mass is 10.2. The molecular formula is C10H17N5O3S. The lowest BCUT2D eigenvalue weighted by Gasteiger charge is -2.26. The highest BCUT2D eigenvalue weighted by molar-refractivity contribution is 7.89. The molecule has 0 saturated heterocycles. The van der Waals surface area contributed by atoms with Gasteiger partial charge in [0.1, 0.15) is 0 Å². The van der Waals surface area contributed by atoms with Crippen LogP contribution in [0.5, 0.6) is 0 Å². The van der Waals surface area contributed by atoms with Gasteiger partial charge < -0.3 is 15.9 Å². The SMILES string of the molecule is NC(CN(C1CCCC1)S(=O)(=O)c1cnc[nH]1)=NO. The minimum Gasteiger partial charge on any atom is -0.409 e. The van der Waals surface area contributed by atoms with Crippen LogP contribution in [-0.4, -0.2) is 46.3 Å². The quantitative estimate of drug-likeness (QED) is 0.306. The van der Waals surface area contributed by atoms with Crippen molar-refractivity contribution < 1.29 is 13.6 Å². The standard InChI is InChI=1S/C10H17N5O3S/c11-9(14-16)6-15(8-3-1-2-4-8)19(17,18)10-5-12-7-13-10/h5,7-8,16H,1-4,6H2,(H2,11,14)(H,12,13). The van der Waals surface area contributed by atoms with E-state index in [1.54, 1.807) is 0 Å². The molecule has 0 bridgehead atoms. The van der Waals surface area contributed by atoms with E-state index in [2.05, 4.69) is 15.1 Å². The fraction of sp³-hybridized carbons (Fsp3) is 0.600. The summed E-state index contributed by atoms with van der Waals surface area (Å²) in [5, 5.41) is 11.5. The number of sulfonamides is 1. The van der Waals surface area contributed by atoms with Crippen LogP contribution >= 0.6 is 0 Å². The van der Waals surface area contributed by atoms with Crippen molar-refractivity contribution in [1.29, 1.82) is 0 Å². The molecule has 1 fully saturated rings. The van der Waals surface area contributed by atoms with Gasteiger partial charge in [0.2, 0.25) is 0 Å². The summed E-state index contributed by atoms with van der Waals surface area (Å²) >= 11 is 0. The van der Waals surface area contributed by atoms with E-state index in [0.717, 1.165) is 25.7 Å². The Balaban J connectivity index is 2.31. The van der Waals surface area contributed by atoms with E-state index in [1.165, 1.54) is 16.8 Å². The Hall–Kier alpha value is -1.61. The molecule has 4 N–H and O–H groups in total. The van der Waals surface area contributed by atoms with E-state index in [9.17, 15) is 8.42 Å². The number of hydrogen-bond donors (Lipinski definition) is 3. The zero-order valence-electron chi connectivity index (χ0n) is 10.4. The van der Waals surface area contributed by atoms with Gasteiger partial charge in [-0.3, -0.25) is 0 Å². The molecule has 19 heavy (non-hydrogen) atoms. The Kier molecular flexibility index (Phi) is 4.05. The second kappa shape index (κ2) is 5.57. The molecule has 0 aliphatic heterocycles. The lowest BCUT2D eigenvalue weighted by Crippen LogP contribution is -2.44. The number of aromatic amines is 1. The van der Waals surface area contributed by atoms with Crippen LogP contribution in [0.25, 0.3) is 0 Å². The Labute approximate surface area is 111 Å². The predicted octanol–water partition coefficient (Wildman–Crippen LogP) is 0.0894. The maximum absolute atomic E-state index is 12.5. The highest BCUT2D eigenvalue weighted by Crippen LogP contribution is 2.27. The summed E-state index contributed by atoms with van der Waals surface area (Å²) < 4.78 is 26.3. The predicted molar refractivity (Wildman–Crippen MR) is 68.1 cm³/mol. The number of amidine groups is 1. The number of hydrogen-bond acceptors (Lipinski definition) is 5. The number of nitrogens with two attached hydrogens (primary N) is 1. The van der Waals surface area contributed by atoms with Crippen LogP contribution < -0.4 is 5.73 Å². The Morgan fingerprint density at radius 2 is 2.26 bits per heavy atom. The molecule has 0 aromatic carbocycles. The van der Waals surface area contributed by atoms with Gasteiger partial charge in [-0.25, -0.2) is 13.4 Å². The first-order chi connectivity index (χ1) is 9.05. The first-order valence-electron chi connectivity index (χ1n) is 6.02. The van der Waals surface area contributed by atoms with E-state index < -0.39 is 10.0 Å². The van der Waals surface area contributed by atoms with Crippen LogP contribution in [0.15, 0.2) is 22.7 Å². The van der Waals surface area contributed by atoms with Crippen LogP contribution in [0.1, 0.15) is 25.7 Å². The third-order valence-electron chi connectivity index (χ3n) is 3.24. The number of aromatic nitrogens is 2. The average molecular weight is 287 g/mol. The Bertz CT molecular complexity index is 534. The summed E-state index contributed by atoms with van der Waals surface area (Å²) in [4.78, 5) is 6.31. The Morgan fingerprint density at radius 1 is 1.58 bits per heavy atom. The highest BCUT2D eigenvalue weighted by atomic mass is 32.2. The van der Waals surface area contributed by atoms with E-state index >= 15 is 0 Å². The van der Waals surface area contributed by atoms with Crippen molar-refractivity contribution >= 4 is 15.9 Å². The van der Waals surface area contributed by atoms with E-state index in [0.29, 0.717) is 0 Å². The fourth-order valence-electron chi connectivity index (χ4n) is 2.30. The molecule has 0 radical (unpaired) electrons. The summed E-state index contributed by atoms with van der Waals surface area (Å²) in [6.45, 7) is -0.123. The van der Waals surface area contributed by atoms with Crippen molar-refractivity contribution in [3.8, 4) is 0 Å². The van der Waals surface area contributed by atoms with Crippen LogP contribution in [0.3, 0.4) is 0 Å². The molecule has 0 spiro atoms. The number of nitrogens with one attached hydrogen (secondary N) is 1. The van der Waals surface area contributed by atoms with Crippen molar-refractivity contribution in [1.82, 2.24) is 14.3 Å². The first kappa shape index (κ1) is 13.8. The van der Waals surface area contributed by atoms with Gasteiger partial charge in [0.15, 0.2) is 10.9 Å². The molecule has 0 atom stereocenters. The van der Waals surface area contributed by atoms with Crippen molar-refractivity contribution in [3.63, 3.8) is 0 Å². The highest BCUT2D eigenvalue weighted by Gasteiger charge is 2.34. The normalized spacial score (nSPS) is 18.3. The summed E-state index contributed by atoms with van der Waals surface area (Å²) in [7, 11) is -3.70. The van der Waals surface area contributed by atoms with Gasteiger partial charge in [-0.1, -0.05) is 18.0 Å². The topological polar surface area (TPSA) is 125 Å². The minimum absolute atomic E-state index is 0.0186. The summed E-state index contributed by atoms with van der Waals surface area (Å²) in [5.41, 5.74) is 5.46. The number of imidazole rings is 1. The van der Waals surface area contributed by atoms with Gasteiger partial charge in [0.25, 0.3) is 10.0 Å². The van der Waals surface area contributed by atoms with Gasteiger partial charge >= 0.3 is 0 Å². The van der Waals surface area contributed by atoms with Crippen LogP contribution in [0.2, 0.25) is 0 Å². The van der Waals surface area contributed by atoms with Crippen molar-refractivity contribution in [2.24, 2.45) is 10.9 Å². The van der Waals surface area contributed by atoms with Crippen molar-refractivity contribution in [2.45, 2.75) is 36.8 Å². The maximum atomic E-state index is 12.5. The molecule has 1 saturated carbocycles. The second-order valence-corrected chi connectivity index (χ2v) is 6.35. The molecule has 2 rings (SSSR count). The van der Waals surface area contributed by atoms with Crippen molar-refractivity contribution in [2.75, 3.05) is 6.54 Å². The summed E-state index contributed by atoms with van der Waals surface area (Å²) in [6.07, 6.45) is 6.09. The molecule has 1 aliphatic rings. The average Bonchev–Trinajstić information content (AvgIpc) is 3.07. The maximum Gasteiger partial charge on any atom is 0.260 e. The molecule has 1 aromatic heterocycles. The van der Waals surface area contributed by atoms with E-state index in [4.69, 9.17) is 10.9 Å². The third-order valence-corrected chi connectivity index (χ3v) is 5.06. The van der Waals surface area contributed by atoms with Gasteiger partial charge in [-0.2, -0.15) is 4.31 Å². The molecular weight excluding hydrogens is 270 g/mol. The van der Waals surface area contributed by atoms with Gasteiger partial charge in [0, 0.05) is 6.04 Å². The number of oxime groups is 1. The van der Waals surface area contributed by atoms with E-state index in [-0.39, 0.29) is 23.4 Å². The minimum atomic E-state index is -3.70. The zero-order valence-corrected chi connectivity index (χ0v) is 11.2. The molecule has 8 nitrogen and oxygen atoms in total. The van der Waals surface area contributed by atoms with Crippen LogP contribution in [-0.2, 0) is 10.0 Å². The molecule has 1 aromatic rings. The van der Waals surface area contributed by atoms with Gasteiger partial charge in [-0.15, -0.1) is 0 Å². The third kappa shape index (κ3) is 2.87. The second-order valence-electron chi connectivity index (χ2n) is 4.50. The monoisotopic (exact) mass is 287 g/mol. The van der Waals surface area contributed by atoms with Crippen LogP contribution in [0, 0.1) is 0 Å². The first-order valence-corrected chi connectivity index (χ1v) is 7.46. The largest absolute Gasteiger partial charge is 0.409 e. The summed E-state index contributed by atoms with van der Waals surface area (Å²) in [6, 6.07) is -0.117.